The third-order valence-corrected chi connectivity index (χ3v) is 5.16. The summed E-state index contributed by atoms with van der Waals surface area (Å²) in [7, 11) is -1.57. The van der Waals surface area contributed by atoms with E-state index in [1.54, 1.807) is 0 Å². The van der Waals surface area contributed by atoms with Crippen LogP contribution in [-0.2, 0) is 14.9 Å². The summed E-state index contributed by atoms with van der Waals surface area (Å²) in [4.78, 5) is 0. The van der Waals surface area contributed by atoms with E-state index in [9.17, 15) is 0 Å². The van der Waals surface area contributed by atoms with E-state index in [4.69, 9.17) is 8.85 Å². The van der Waals surface area contributed by atoms with Gasteiger partial charge in [-0.3, -0.25) is 0 Å². The van der Waals surface area contributed by atoms with Crippen LogP contribution >= 0.6 is 0 Å². The van der Waals surface area contributed by atoms with Crippen molar-refractivity contribution in [2.45, 2.75) is 19.9 Å². The van der Waals surface area contributed by atoms with Crippen LogP contribution in [0.5, 0.6) is 0 Å². The van der Waals surface area contributed by atoms with E-state index in [2.05, 4.69) is 42.5 Å². The maximum atomic E-state index is 5.75. The minimum absolute atomic E-state index is 0.738. The van der Waals surface area contributed by atoms with E-state index in [-0.39, 0.29) is 0 Å². The normalized spacial score (nSPS) is 11.3. The molecule has 2 nitrogen and oxygen atoms in total. The lowest BCUT2D eigenvalue weighted by molar-refractivity contribution is 0.213. The standard InChI is InChI=1S/C15H20O2Si/c1-3-16-18(17-4-2)12-14-10-7-9-13-8-5-6-11-15(13)14/h5-11,18H,3-4,12H2,1-2H3. The number of benzene rings is 2. The molecule has 2 aromatic rings. The molecule has 3 heteroatoms. The monoisotopic (exact) mass is 260 g/mol. The minimum atomic E-state index is -1.57. The van der Waals surface area contributed by atoms with E-state index < -0.39 is 9.28 Å². The topological polar surface area (TPSA) is 18.5 Å². The largest absolute Gasteiger partial charge is 0.397 e. The molecule has 0 amide bonds. The molecular formula is C15H20O2Si. The highest BCUT2D eigenvalue weighted by Gasteiger charge is 2.14. The molecule has 0 fully saturated rings. The summed E-state index contributed by atoms with van der Waals surface area (Å²) in [6.45, 7) is 5.54. The second kappa shape index (κ2) is 6.68. The number of hydrogen-bond acceptors (Lipinski definition) is 2. The van der Waals surface area contributed by atoms with Gasteiger partial charge in [0.1, 0.15) is 0 Å². The quantitative estimate of drug-likeness (QED) is 0.743. The van der Waals surface area contributed by atoms with Gasteiger partial charge in [-0.25, -0.2) is 0 Å². The lowest BCUT2D eigenvalue weighted by Gasteiger charge is -2.15. The molecule has 0 unspecified atom stereocenters. The zero-order valence-corrected chi connectivity index (χ0v) is 12.2. The van der Waals surface area contributed by atoms with Gasteiger partial charge >= 0.3 is 9.28 Å². The van der Waals surface area contributed by atoms with Gasteiger partial charge in [0.2, 0.25) is 0 Å². The van der Waals surface area contributed by atoms with Crippen molar-refractivity contribution < 1.29 is 8.85 Å². The Labute approximate surface area is 110 Å². The molecule has 0 spiro atoms. The first kappa shape index (κ1) is 13.3. The summed E-state index contributed by atoms with van der Waals surface area (Å²) in [5.41, 5.74) is 1.34. The highest BCUT2D eigenvalue weighted by Crippen LogP contribution is 2.19. The van der Waals surface area contributed by atoms with Crippen molar-refractivity contribution in [3.8, 4) is 0 Å². The zero-order chi connectivity index (χ0) is 12.8. The number of rotatable bonds is 6. The van der Waals surface area contributed by atoms with Gasteiger partial charge in [-0.2, -0.15) is 0 Å². The first-order valence-corrected chi connectivity index (χ1v) is 8.31. The third kappa shape index (κ3) is 3.19. The molecule has 2 rings (SSSR count). The number of fused-ring (bicyclic) bond motifs is 1. The summed E-state index contributed by atoms with van der Waals surface area (Å²) < 4.78 is 11.5. The van der Waals surface area contributed by atoms with Gasteiger partial charge in [0.05, 0.1) is 0 Å². The molecule has 0 aliphatic carbocycles. The van der Waals surface area contributed by atoms with Crippen molar-refractivity contribution in [2.75, 3.05) is 13.2 Å². The van der Waals surface area contributed by atoms with Crippen LogP contribution < -0.4 is 0 Å². The summed E-state index contributed by atoms with van der Waals surface area (Å²) >= 11 is 0. The molecule has 96 valence electrons. The average molecular weight is 260 g/mol. The number of hydrogen-bond donors (Lipinski definition) is 0. The van der Waals surface area contributed by atoms with Crippen LogP contribution in [0.2, 0.25) is 0 Å². The lowest BCUT2D eigenvalue weighted by Crippen LogP contribution is -2.26. The highest BCUT2D eigenvalue weighted by atomic mass is 28.3. The van der Waals surface area contributed by atoms with Gasteiger partial charge < -0.3 is 8.85 Å². The molecule has 18 heavy (non-hydrogen) atoms. The second-order valence-electron chi connectivity index (χ2n) is 4.18. The molecule has 0 aromatic heterocycles. The molecule has 2 aromatic carbocycles. The summed E-state index contributed by atoms with van der Waals surface area (Å²) in [6.07, 6.45) is 0. The van der Waals surface area contributed by atoms with E-state index in [1.807, 2.05) is 13.8 Å². The van der Waals surface area contributed by atoms with E-state index in [1.165, 1.54) is 16.3 Å². The van der Waals surface area contributed by atoms with Crippen molar-refractivity contribution in [1.29, 1.82) is 0 Å². The molecule has 0 radical (unpaired) electrons. The van der Waals surface area contributed by atoms with Gasteiger partial charge in [-0.15, -0.1) is 0 Å². The molecule has 0 aliphatic heterocycles. The van der Waals surface area contributed by atoms with Crippen molar-refractivity contribution in [1.82, 2.24) is 0 Å². The van der Waals surface area contributed by atoms with Crippen molar-refractivity contribution in [3.05, 3.63) is 48.0 Å². The van der Waals surface area contributed by atoms with Crippen LogP contribution in [-0.4, -0.2) is 22.5 Å². The summed E-state index contributed by atoms with van der Waals surface area (Å²) in [6, 6.07) is 15.9. The molecule has 0 saturated heterocycles. The van der Waals surface area contributed by atoms with Crippen molar-refractivity contribution >= 4 is 20.1 Å². The summed E-state index contributed by atoms with van der Waals surface area (Å²) in [5.74, 6) is 0. The Morgan fingerprint density at radius 2 is 1.56 bits per heavy atom. The van der Waals surface area contributed by atoms with Gasteiger partial charge in [-0.1, -0.05) is 42.5 Å². The van der Waals surface area contributed by atoms with Crippen LogP contribution in [0, 0.1) is 0 Å². The predicted molar refractivity (Wildman–Crippen MR) is 78.1 cm³/mol. The average Bonchev–Trinajstić information content (AvgIpc) is 2.40. The van der Waals surface area contributed by atoms with Gasteiger partial charge in [0.25, 0.3) is 0 Å². The van der Waals surface area contributed by atoms with E-state index in [0.717, 1.165) is 19.3 Å². The highest BCUT2D eigenvalue weighted by molar-refractivity contribution is 6.44. The van der Waals surface area contributed by atoms with Crippen LogP contribution in [0.15, 0.2) is 42.5 Å². The molecular weight excluding hydrogens is 240 g/mol. The van der Waals surface area contributed by atoms with Crippen LogP contribution in [0.25, 0.3) is 10.8 Å². The van der Waals surface area contributed by atoms with E-state index in [0.29, 0.717) is 0 Å². The van der Waals surface area contributed by atoms with E-state index >= 15 is 0 Å². The van der Waals surface area contributed by atoms with Gasteiger partial charge in [0, 0.05) is 19.3 Å². The fourth-order valence-corrected chi connectivity index (χ4v) is 3.98. The Morgan fingerprint density at radius 3 is 2.28 bits per heavy atom. The SMILES string of the molecule is CCO[SiH](Cc1cccc2ccccc12)OCC. The minimum Gasteiger partial charge on any atom is -0.397 e. The van der Waals surface area contributed by atoms with Gasteiger partial charge in [-0.05, 0) is 30.2 Å². The molecule has 0 aliphatic rings. The van der Waals surface area contributed by atoms with Crippen molar-refractivity contribution in [3.63, 3.8) is 0 Å². The Bertz CT molecular complexity index is 487. The predicted octanol–water partition coefficient (Wildman–Crippen LogP) is 3.22. The maximum absolute atomic E-state index is 5.75. The smallest absolute Gasteiger partial charge is 0.325 e. The van der Waals surface area contributed by atoms with Gasteiger partial charge in [0.15, 0.2) is 0 Å². The Balaban J connectivity index is 2.24. The molecule has 0 heterocycles. The second-order valence-corrected chi connectivity index (χ2v) is 6.12. The van der Waals surface area contributed by atoms with Crippen molar-refractivity contribution in [2.24, 2.45) is 0 Å². The Morgan fingerprint density at radius 1 is 0.889 bits per heavy atom. The first-order chi connectivity index (χ1) is 8.85. The fraction of sp³-hybridized carbons (Fsp3) is 0.333. The first-order valence-electron chi connectivity index (χ1n) is 6.55. The lowest BCUT2D eigenvalue weighted by atomic mass is 10.1. The van der Waals surface area contributed by atoms with Crippen LogP contribution in [0.1, 0.15) is 19.4 Å². The maximum Gasteiger partial charge on any atom is 0.325 e. The van der Waals surface area contributed by atoms with Crippen LogP contribution in [0.4, 0.5) is 0 Å². The molecule has 0 atom stereocenters. The zero-order valence-electron chi connectivity index (χ0n) is 11.1. The Hall–Kier alpha value is -1.16. The fourth-order valence-electron chi connectivity index (χ4n) is 2.19. The third-order valence-electron chi connectivity index (χ3n) is 2.97. The molecule has 0 N–H and O–H groups in total. The van der Waals surface area contributed by atoms with Crippen LogP contribution in [0.3, 0.4) is 0 Å². The summed E-state index contributed by atoms with van der Waals surface area (Å²) in [5, 5.41) is 2.60. The Kier molecular flexibility index (Phi) is 4.93. The molecule has 0 bridgehead atoms. The molecule has 0 saturated carbocycles.